The fourth-order valence-corrected chi connectivity index (χ4v) is 5.32. The first-order valence-electron chi connectivity index (χ1n) is 9.60. The molecular weight excluding hydrogens is 459 g/mol. The van der Waals surface area contributed by atoms with Gasteiger partial charge >= 0.3 is 0 Å². The van der Waals surface area contributed by atoms with E-state index in [9.17, 15) is 0 Å². The normalized spacial score (nSPS) is 24.2. The first-order valence-corrected chi connectivity index (χ1v) is 10.4. The van der Waals surface area contributed by atoms with Gasteiger partial charge in [0.25, 0.3) is 0 Å². The summed E-state index contributed by atoms with van der Waals surface area (Å²) in [6, 6.07) is 0.488. The number of hydrogen-bond acceptors (Lipinski definition) is 4. The maximum atomic E-state index is 6.01. The van der Waals surface area contributed by atoms with E-state index in [1.54, 1.807) is 11.3 Å². The minimum atomic E-state index is 0. The van der Waals surface area contributed by atoms with Crippen molar-refractivity contribution in [2.45, 2.75) is 71.4 Å². The number of aromatic nitrogens is 1. The molecule has 2 N–H and O–H groups in total. The summed E-state index contributed by atoms with van der Waals surface area (Å²) >= 11 is 1.80. The summed E-state index contributed by atoms with van der Waals surface area (Å²) in [5.74, 6) is 0.913. The molecule has 0 amide bonds. The third kappa shape index (κ3) is 4.52. The maximum absolute atomic E-state index is 6.01. The van der Waals surface area contributed by atoms with E-state index in [0.29, 0.717) is 17.6 Å². The molecule has 2 aliphatic rings. The predicted molar refractivity (Wildman–Crippen MR) is 120 cm³/mol. The fourth-order valence-electron chi connectivity index (χ4n) is 4.38. The lowest BCUT2D eigenvalue weighted by molar-refractivity contribution is -0.125. The van der Waals surface area contributed by atoms with Crippen molar-refractivity contribution in [1.82, 2.24) is 15.6 Å². The molecule has 26 heavy (non-hydrogen) atoms. The van der Waals surface area contributed by atoms with Crippen LogP contribution in [0.3, 0.4) is 0 Å². The third-order valence-electron chi connectivity index (χ3n) is 5.93. The van der Waals surface area contributed by atoms with E-state index < -0.39 is 0 Å². The van der Waals surface area contributed by atoms with E-state index in [-0.39, 0.29) is 24.0 Å². The lowest BCUT2D eigenvalue weighted by atomic mass is 9.60. The van der Waals surface area contributed by atoms with Crippen molar-refractivity contribution in [3.05, 3.63) is 15.6 Å². The van der Waals surface area contributed by atoms with E-state index in [1.165, 1.54) is 35.6 Å². The minimum absolute atomic E-state index is 0. The number of aliphatic imine (C=N–C) groups is 1. The summed E-state index contributed by atoms with van der Waals surface area (Å²) in [7, 11) is 1.85. The van der Waals surface area contributed by atoms with Crippen LogP contribution in [-0.4, -0.2) is 43.3 Å². The van der Waals surface area contributed by atoms with Gasteiger partial charge in [0.2, 0.25) is 0 Å². The van der Waals surface area contributed by atoms with Gasteiger partial charge in [-0.3, -0.25) is 4.99 Å². The summed E-state index contributed by atoms with van der Waals surface area (Å²) in [4.78, 5) is 10.4. The second kappa shape index (κ2) is 9.68. The molecule has 2 fully saturated rings. The van der Waals surface area contributed by atoms with Crippen LogP contribution in [-0.2, 0) is 11.2 Å². The largest absolute Gasteiger partial charge is 0.378 e. The van der Waals surface area contributed by atoms with Crippen molar-refractivity contribution < 1.29 is 4.74 Å². The van der Waals surface area contributed by atoms with Crippen LogP contribution in [0.25, 0.3) is 0 Å². The molecule has 2 saturated carbocycles. The van der Waals surface area contributed by atoms with E-state index in [1.807, 2.05) is 7.05 Å². The molecule has 2 aliphatic carbocycles. The Balaban J connectivity index is 0.00000243. The molecule has 0 saturated heterocycles. The van der Waals surface area contributed by atoms with Crippen molar-refractivity contribution in [1.29, 1.82) is 0 Å². The van der Waals surface area contributed by atoms with Crippen molar-refractivity contribution in [2.75, 3.05) is 20.2 Å². The van der Waals surface area contributed by atoms with Crippen molar-refractivity contribution in [2.24, 2.45) is 10.4 Å². The Morgan fingerprint density at radius 3 is 2.65 bits per heavy atom. The highest BCUT2D eigenvalue weighted by Crippen LogP contribution is 2.54. The number of halogens is 1. The van der Waals surface area contributed by atoms with Crippen molar-refractivity contribution in [3.8, 4) is 0 Å². The summed E-state index contributed by atoms with van der Waals surface area (Å²) in [5.41, 5.74) is 1.49. The summed E-state index contributed by atoms with van der Waals surface area (Å²) < 4.78 is 6.01. The zero-order valence-corrected chi connectivity index (χ0v) is 19.6. The molecule has 3 rings (SSSR count). The van der Waals surface area contributed by atoms with Gasteiger partial charge < -0.3 is 15.4 Å². The molecule has 0 radical (unpaired) electrons. The Morgan fingerprint density at radius 1 is 1.35 bits per heavy atom. The number of aryl methyl sites for hydroxylation is 2. The van der Waals surface area contributed by atoms with Gasteiger partial charge in [-0.25, -0.2) is 4.98 Å². The first-order chi connectivity index (χ1) is 12.1. The van der Waals surface area contributed by atoms with Gasteiger partial charge in [-0.2, -0.15) is 0 Å². The monoisotopic (exact) mass is 492 g/mol. The molecule has 7 heteroatoms. The van der Waals surface area contributed by atoms with Crippen LogP contribution in [0.1, 0.15) is 54.6 Å². The molecule has 1 spiro atoms. The Hall–Kier alpha value is -0.410. The average molecular weight is 492 g/mol. The van der Waals surface area contributed by atoms with Crippen LogP contribution < -0.4 is 10.6 Å². The topological polar surface area (TPSA) is 58.5 Å². The number of ether oxygens (including phenoxy) is 1. The molecule has 1 heterocycles. The number of rotatable bonds is 6. The molecule has 5 nitrogen and oxygen atoms in total. The Morgan fingerprint density at radius 2 is 2.08 bits per heavy atom. The van der Waals surface area contributed by atoms with Gasteiger partial charge in [-0.05, 0) is 40.0 Å². The van der Waals surface area contributed by atoms with Gasteiger partial charge in [-0.15, -0.1) is 35.3 Å². The third-order valence-corrected chi connectivity index (χ3v) is 7.06. The molecule has 2 unspecified atom stereocenters. The van der Waals surface area contributed by atoms with Crippen LogP contribution in [0.4, 0.5) is 0 Å². The highest BCUT2D eigenvalue weighted by molar-refractivity contribution is 14.0. The molecule has 148 valence electrons. The quantitative estimate of drug-likeness (QED) is 0.360. The van der Waals surface area contributed by atoms with Gasteiger partial charge in [-0.1, -0.05) is 12.8 Å². The molecule has 0 aromatic carbocycles. The van der Waals surface area contributed by atoms with Crippen molar-refractivity contribution >= 4 is 41.3 Å². The minimum Gasteiger partial charge on any atom is -0.378 e. The zero-order chi connectivity index (χ0) is 17.9. The summed E-state index contributed by atoms with van der Waals surface area (Å²) in [5, 5.41) is 8.33. The maximum Gasteiger partial charge on any atom is 0.191 e. The molecule has 0 bridgehead atoms. The van der Waals surface area contributed by atoms with E-state index in [0.717, 1.165) is 37.6 Å². The van der Waals surface area contributed by atoms with E-state index >= 15 is 0 Å². The van der Waals surface area contributed by atoms with Crippen LogP contribution in [0, 0.1) is 19.3 Å². The van der Waals surface area contributed by atoms with Crippen LogP contribution in [0.2, 0.25) is 0 Å². The summed E-state index contributed by atoms with van der Waals surface area (Å²) in [6.45, 7) is 8.00. The molecule has 1 aromatic heterocycles. The Kier molecular flexibility index (Phi) is 8.15. The molecule has 0 aliphatic heterocycles. The SMILES string of the molecule is CCOC1CC(NC(=NC)NCCc2nc(C)c(C)s2)C12CCCC2.I. The standard InChI is InChI=1S/C19H32N4OS.HI/c1-5-24-16-12-15(19(16)9-6-7-10-19)23-18(20-4)21-11-8-17-22-13(2)14(3)25-17;/h15-16H,5-12H2,1-4H3,(H2,20,21,23);1H. The van der Waals surface area contributed by atoms with Crippen LogP contribution in [0.15, 0.2) is 4.99 Å². The van der Waals surface area contributed by atoms with E-state index in [4.69, 9.17) is 4.74 Å². The van der Waals surface area contributed by atoms with Crippen molar-refractivity contribution in [3.63, 3.8) is 0 Å². The number of hydrogen-bond donors (Lipinski definition) is 2. The lowest BCUT2D eigenvalue weighted by Crippen LogP contribution is -2.65. The Labute approximate surface area is 178 Å². The highest BCUT2D eigenvalue weighted by atomic mass is 127. The number of nitrogens with one attached hydrogen (secondary N) is 2. The number of guanidine groups is 1. The second-order valence-corrected chi connectivity index (χ2v) is 8.60. The fraction of sp³-hybridized carbons (Fsp3) is 0.789. The average Bonchev–Trinajstić information content (AvgIpc) is 3.22. The van der Waals surface area contributed by atoms with E-state index in [2.05, 4.69) is 41.4 Å². The van der Waals surface area contributed by atoms with Gasteiger partial charge in [0, 0.05) is 43.0 Å². The van der Waals surface area contributed by atoms with Gasteiger partial charge in [0.1, 0.15) is 0 Å². The second-order valence-electron chi connectivity index (χ2n) is 7.32. The smallest absolute Gasteiger partial charge is 0.191 e. The summed E-state index contributed by atoms with van der Waals surface area (Å²) in [6.07, 6.45) is 7.69. The van der Waals surface area contributed by atoms with Crippen LogP contribution in [0.5, 0.6) is 0 Å². The Bertz CT molecular complexity index is 593. The first kappa shape index (κ1) is 21.9. The molecular formula is C19H33IN4OS. The highest BCUT2D eigenvalue weighted by Gasteiger charge is 2.56. The van der Waals surface area contributed by atoms with Gasteiger partial charge in [0.15, 0.2) is 5.96 Å². The number of thiazole rings is 1. The molecule has 1 aromatic rings. The number of nitrogens with zero attached hydrogens (tertiary/aromatic N) is 2. The molecule has 2 atom stereocenters. The predicted octanol–water partition coefficient (Wildman–Crippen LogP) is 3.82. The zero-order valence-electron chi connectivity index (χ0n) is 16.4. The lowest BCUT2D eigenvalue weighted by Gasteiger charge is -2.54. The van der Waals surface area contributed by atoms with Gasteiger partial charge in [0.05, 0.1) is 16.8 Å². The van der Waals surface area contributed by atoms with Crippen LogP contribution >= 0.6 is 35.3 Å².